The van der Waals surface area contributed by atoms with Crippen molar-refractivity contribution in [1.82, 2.24) is 20.5 Å². The third-order valence-corrected chi connectivity index (χ3v) is 5.64. The normalized spacial score (nSPS) is 14.5. The molecule has 7 nitrogen and oxygen atoms in total. The van der Waals surface area contributed by atoms with Gasteiger partial charge in [-0.3, -0.25) is 9.79 Å². The van der Waals surface area contributed by atoms with Gasteiger partial charge in [-0.05, 0) is 17.5 Å². The SMILES string of the molecule is CN=C(NCc1cccc(CN2CCCC2=O)c1)NCc1csc(N(C)C)n1. The number of thiazole rings is 1. The summed E-state index contributed by atoms with van der Waals surface area (Å²) in [5.74, 6) is 0.993. The predicted octanol–water partition coefficient (Wildman–Crippen LogP) is 2.20. The van der Waals surface area contributed by atoms with E-state index in [2.05, 4.69) is 44.2 Å². The molecule has 0 radical (unpaired) electrons. The molecular formula is C20H28N6OS. The fraction of sp³-hybridized carbons (Fsp3) is 0.450. The van der Waals surface area contributed by atoms with Crippen LogP contribution in [0, 0.1) is 0 Å². The largest absolute Gasteiger partial charge is 0.354 e. The van der Waals surface area contributed by atoms with Gasteiger partial charge in [0.25, 0.3) is 0 Å². The summed E-state index contributed by atoms with van der Waals surface area (Å²) in [5, 5.41) is 9.69. The Morgan fingerprint density at radius 3 is 2.75 bits per heavy atom. The van der Waals surface area contributed by atoms with Crippen LogP contribution in [0.25, 0.3) is 0 Å². The van der Waals surface area contributed by atoms with Crippen molar-refractivity contribution in [2.75, 3.05) is 32.6 Å². The monoisotopic (exact) mass is 400 g/mol. The van der Waals surface area contributed by atoms with Gasteiger partial charge < -0.3 is 20.4 Å². The number of anilines is 1. The Hall–Kier alpha value is -2.61. The van der Waals surface area contributed by atoms with Gasteiger partial charge in [-0.25, -0.2) is 4.98 Å². The van der Waals surface area contributed by atoms with Crippen LogP contribution in [-0.4, -0.2) is 49.4 Å². The van der Waals surface area contributed by atoms with Gasteiger partial charge in [-0.1, -0.05) is 24.3 Å². The van der Waals surface area contributed by atoms with Crippen LogP contribution >= 0.6 is 11.3 Å². The zero-order valence-electron chi connectivity index (χ0n) is 16.7. The number of hydrogen-bond acceptors (Lipinski definition) is 5. The quantitative estimate of drug-likeness (QED) is 0.551. The summed E-state index contributed by atoms with van der Waals surface area (Å²) in [6.45, 7) is 2.85. The van der Waals surface area contributed by atoms with Crippen molar-refractivity contribution < 1.29 is 4.79 Å². The van der Waals surface area contributed by atoms with Crippen molar-refractivity contribution >= 4 is 28.3 Å². The van der Waals surface area contributed by atoms with E-state index in [0.717, 1.165) is 40.9 Å². The second-order valence-corrected chi connectivity index (χ2v) is 7.87. The first-order valence-corrected chi connectivity index (χ1v) is 10.3. The molecule has 1 saturated heterocycles. The fourth-order valence-corrected chi connectivity index (χ4v) is 3.85. The number of carbonyl (C=O) groups is 1. The van der Waals surface area contributed by atoms with Gasteiger partial charge in [0.2, 0.25) is 5.91 Å². The van der Waals surface area contributed by atoms with E-state index in [4.69, 9.17) is 0 Å². The molecular weight excluding hydrogens is 372 g/mol. The molecule has 1 aromatic carbocycles. The van der Waals surface area contributed by atoms with E-state index >= 15 is 0 Å². The average Bonchev–Trinajstić information content (AvgIpc) is 3.32. The zero-order valence-corrected chi connectivity index (χ0v) is 17.6. The standard InChI is InChI=1S/C20H28N6OS/c1-21-19(23-12-17-14-28-20(24-17)25(2)3)22-11-15-6-4-7-16(10-15)13-26-9-5-8-18(26)27/h4,6-7,10,14H,5,8-9,11-13H2,1-3H3,(H2,21,22,23). The molecule has 0 aliphatic carbocycles. The lowest BCUT2D eigenvalue weighted by molar-refractivity contribution is -0.128. The maximum absolute atomic E-state index is 11.8. The molecule has 1 aliphatic rings. The van der Waals surface area contributed by atoms with Crippen LogP contribution in [-0.2, 0) is 24.4 Å². The average molecular weight is 401 g/mol. The van der Waals surface area contributed by atoms with Crippen molar-refractivity contribution in [2.24, 2.45) is 4.99 Å². The third kappa shape index (κ3) is 5.45. The predicted molar refractivity (Wildman–Crippen MR) is 115 cm³/mol. The smallest absolute Gasteiger partial charge is 0.222 e. The van der Waals surface area contributed by atoms with Gasteiger partial charge >= 0.3 is 0 Å². The van der Waals surface area contributed by atoms with E-state index in [0.29, 0.717) is 26.1 Å². The minimum Gasteiger partial charge on any atom is -0.354 e. The third-order valence-electron chi connectivity index (χ3n) is 4.58. The number of nitrogens with one attached hydrogen (secondary N) is 2. The molecule has 2 heterocycles. The Bertz CT molecular complexity index is 832. The summed E-state index contributed by atoms with van der Waals surface area (Å²) in [4.78, 5) is 24.6. The lowest BCUT2D eigenvalue weighted by atomic mass is 10.1. The van der Waals surface area contributed by atoms with E-state index in [9.17, 15) is 4.79 Å². The van der Waals surface area contributed by atoms with Crippen LogP contribution in [0.3, 0.4) is 0 Å². The number of carbonyl (C=O) groups excluding carboxylic acids is 1. The molecule has 0 spiro atoms. The highest BCUT2D eigenvalue weighted by Crippen LogP contribution is 2.17. The highest BCUT2D eigenvalue weighted by Gasteiger charge is 2.19. The molecule has 2 N–H and O–H groups in total. The van der Waals surface area contributed by atoms with Crippen molar-refractivity contribution in [3.05, 3.63) is 46.5 Å². The van der Waals surface area contributed by atoms with Gasteiger partial charge in [-0.15, -0.1) is 11.3 Å². The summed E-state index contributed by atoms with van der Waals surface area (Å²) >= 11 is 1.63. The van der Waals surface area contributed by atoms with Gasteiger partial charge in [0.1, 0.15) is 0 Å². The number of hydrogen-bond donors (Lipinski definition) is 2. The number of guanidine groups is 1. The Morgan fingerprint density at radius 2 is 2.07 bits per heavy atom. The molecule has 0 atom stereocenters. The molecule has 8 heteroatoms. The summed E-state index contributed by atoms with van der Waals surface area (Å²) in [6.07, 6.45) is 1.65. The van der Waals surface area contributed by atoms with Crippen LogP contribution in [0.1, 0.15) is 29.7 Å². The van der Waals surface area contributed by atoms with Crippen LogP contribution < -0.4 is 15.5 Å². The highest BCUT2D eigenvalue weighted by molar-refractivity contribution is 7.13. The van der Waals surface area contributed by atoms with Crippen molar-refractivity contribution in [1.29, 1.82) is 0 Å². The topological polar surface area (TPSA) is 72.9 Å². The zero-order chi connectivity index (χ0) is 19.9. The molecule has 28 heavy (non-hydrogen) atoms. The van der Waals surface area contributed by atoms with Crippen LogP contribution in [0.5, 0.6) is 0 Å². The molecule has 2 aromatic rings. The van der Waals surface area contributed by atoms with Crippen LogP contribution in [0.4, 0.5) is 5.13 Å². The van der Waals surface area contributed by atoms with E-state index in [1.54, 1.807) is 18.4 Å². The molecule has 0 saturated carbocycles. The molecule has 1 amide bonds. The number of benzene rings is 1. The lowest BCUT2D eigenvalue weighted by Gasteiger charge is -2.16. The first-order chi connectivity index (χ1) is 13.5. The fourth-order valence-electron chi connectivity index (χ4n) is 3.09. The Kier molecular flexibility index (Phi) is 6.86. The number of amides is 1. The second-order valence-electron chi connectivity index (χ2n) is 7.03. The summed E-state index contributed by atoms with van der Waals surface area (Å²) in [7, 11) is 5.74. The van der Waals surface area contributed by atoms with E-state index in [-0.39, 0.29) is 5.91 Å². The van der Waals surface area contributed by atoms with Gasteiger partial charge in [-0.2, -0.15) is 0 Å². The van der Waals surface area contributed by atoms with Gasteiger partial charge in [0.15, 0.2) is 11.1 Å². The highest BCUT2D eigenvalue weighted by atomic mass is 32.1. The van der Waals surface area contributed by atoms with Crippen LogP contribution in [0.15, 0.2) is 34.6 Å². The number of nitrogens with zero attached hydrogens (tertiary/aromatic N) is 4. The number of aliphatic imine (C=N–C) groups is 1. The number of likely N-dealkylation sites (tertiary alicyclic amines) is 1. The molecule has 150 valence electrons. The molecule has 3 rings (SSSR count). The molecule has 1 aromatic heterocycles. The summed E-state index contributed by atoms with van der Waals surface area (Å²) in [5.41, 5.74) is 3.32. The van der Waals surface area contributed by atoms with Crippen LogP contribution in [0.2, 0.25) is 0 Å². The second kappa shape index (κ2) is 9.54. The maximum Gasteiger partial charge on any atom is 0.222 e. The number of aromatic nitrogens is 1. The minimum absolute atomic E-state index is 0.257. The summed E-state index contributed by atoms with van der Waals surface area (Å²) < 4.78 is 0. The van der Waals surface area contributed by atoms with E-state index < -0.39 is 0 Å². The lowest BCUT2D eigenvalue weighted by Crippen LogP contribution is -2.36. The number of rotatable bonds is 7. The Labute approximate surface area is 170 Å². The Morgan fingerprint density at radius 1 is 1.29 bits per heavy atom. The molecule has 1 aliphatic heterocycles. The minimum atomic E-state index is 0.257. The van der Waals surface area contributed by atoms with Crippen molar-refractivity contribution in [3.63, 3.8) is 0 Å². The molecule has 0 bridgehead atoms. The van der Waals surface area contributed by atoms with Crippen molar-refractivity contribution in [3.8, 4) is 0 Å². The van der Waals surface area contributed by atoms with E-state index in [1.807, 2.05) is 30.0 Å². The molecule has 0 unspecified atom stereocenters. The Balaban J connectivity index is 1.50. The van der Waals surface area contributed by atoms with E-state index in [1.165, 1.54) is 0 Å². The van der Waals surface area contributed by atoms with Gasteiger partial charge in [0, 0.05) is 52.6 Å². The molecule has 1 fully saturated rings. The summed E-state index contributed by atoms with van der Waals surface area (Å²) in [6, 6.07) is 8.35. The first-order valence-electron chi connectivity index (χ1n) is 9.47. The first kappa shape index (κ1) is 20.1. The van der Waals surface area contributed by atoms with Gasteiger partial charge in [0.05, 0.1) is 12.2 Å². The maximum atomic E-state index is 11.8. The van der Waals surface area contributed by atoms with Crippen molar-refractivity contribution in [2.45, 2.75) is 32.5 Å².